The van der Waals surface area contributed by atoms with Crippen LogP contribution in [-0.4, -0.2) is 25.8 Å². The standard InChI is InChI=1S/C18H31NO2/c1-14(2)11-12-21-17(13-19-18(3,4)5)15-9-7-8-10-16(15)20-6/h7-10,14,17,19H,11-13H2,1-6H3. The Morgan fingerprint density at radius 1 is 1.14 bits per heavy atom. The Labute approximate surface area is 130 Å². The van der Waals surface area contributed by atoms with Gasteiger partial charge in [0.15, 0.2) is 0 Å². The van der Waals surface area contributed by atoms with Crippen molar-refractivity contribution in [1.29, 1.82) is 0 Å². The largest absolute Gasteiger partial charge is 0.496 e. The van der Waals surface area contributed by atoms with Gasteiger partial charge in [-0.3, -0.25) is 0 Å². The van der Waals surface area contributed by atoms with Crippen molar-refractivity contribution in [2.24, 2.45) is 5.92 Å². The number of rotatable bonds is 8. The molecule has 0 aliphatic rings. The molecular weight excluding hydrogens is 262 g/mol. The van der Waals surface area contributed by atoms with E-state index in [4.69, 9.17) is 9.47 Å². The van der Waals surface area contributed by atoms with Crippen molar-refractivity contribution in [3.63, 3.8) is 0 Å². The number of ether oxygens (including phenoxy) is 2. The second-order valence-corrected chi connectivity index (χ2v) is 6.91. The molecule has 1 N–H and O–H groups in total. The Bertz CT molecular complexity index is 410. The van der Waals surface area contributed by atoms with E-state index >= 15 is 0 Å². The van der Waals surface area contributed by atoms with Crippen molar-refractivity contribution in [2.75, 3.05) is 20.3 Å². The van der Waals surface area contributed by atoms with Crippen LogP contribution in [0.25, 0.3) is 0 Å². The molecule has 0 fully saturated rings. The van der Waals surface area contributed by atoms with Crippen LogP contribution in [0.1, 0.15) is 52.7 Å². The fourth-order valence-corrected chi connectivity index (χ4v) is 2.04. The Balaban J connectivity index is 2.79. The number of methoxy groups -OCH3 is 1. The van der Waals surface area contributed by atoms with Gasteiger partial charge in [-0.15, -0.1) is 0 Å². The van der Waals surface area contributed by atoms with E-state index < -0.39 is 0 Å². The molecule has 1 atom stereocenters. The summed E-state index contributed by atoms with van der Waals surface area (Å²) >= 11 is 0. The van der Waals surface area contributed by atoms with Gasteiger partial charge < -0.3 is 14.8 Å². The predicted octanol–water partition coefficient (Wildman–Crippen LogP) is 4.19. The molecule has 0 aliphatic carbocycles. The van der Waals surface area contributed by atoms with Crippen molar-refractivity contribution < 1.29 is 9.47 Å². The maximum atomic E-state index is 6.13. The minimum atomic E-state index is 0.0131. The third-order valence-corrected chi connectivity index (χ3v) is 3.32. The number of para-hydroxylation sites is 1. The molecular formula is C18H31NO2. The molecule has 0 heterocycles. The first-order valence-electron chi connectivity index (χ1n) is 7.83. The van der Waals surface area contributed by atoms with E-state index in [0.717, 1.165) is 30.9 Å². The molecule has 0 saturated heterocycles. The van der Waals surface area contributed by atoms with Crippen LogP contribution in [0.2, 0.25) is 0 Å². The molecule has 0 aliphatic heterocycles. The highest BCUT2D eigenvalue weighted by Gasteiger charge is 2.19. The van der Waals surface area contributed by atoms with Crippen molar-refractivity contribution in [1.82, 2.24) is 5.32 Å². The summed E-state index contributed by atoms with van der Waals surface area (Å²) in [5, 5.41) is 3.53. The summed E-state index contributed by atoms with van der Waals surface area (Å²) < 4.78 is 11.6. The van der Waals surface area contributed by atoms with Gasteiger partial charge in [-0.25, -0.2) is 0 Å². The van der Waals surface area contributed by atoms with Gasteiger partial charge in [-0.05, 0) is 39.2 Å². The summed E-state index contributed by atoms with van der Waals surface area (Å²) in [6.07, 6.45) is 1.08. The van der Waals surface area contributed by atoms with Gasteiger partial charge in [-0.1, -0.05) is 32.0 Å². The summed E-state index contributed by atoms with van der Waals surface area (Å²) in [7, 11) is 1.71. The molecule has 1 aromatic rings. The molecule has 0 aromatic heterocycles. The van der Waals surface area contributed by atoms with Crippen molar-refractivity contribution >= 4 is 0 Å². The molecule has 0 saturated carbocycles. The third kappa shape index (κ3) is 6.96. The van der Waals surface area contributed by atoms with Crippen LogP contribution in [0.3, 0.4) is 0 Å². The second-order valence-electron chi connectivity index (χ2n) is 6.91. The molecule has 0 spiro atoms. The van der Waals surface area contributed by atoms with Crippen LogP contribution in [0, 0.1) is 5.92 Å². The molecule has 1 aromatic carbocycles. The molecule has 0 radical (unpaired) electrons. The average Bonchev–Trinajstić information content (AvgIpc) is 2.41. The molecule has 0 amide bonds. The summed E-state index contributed by atoms with van der Waals surface area (Å²) in [6, 6.07) is 8.10. The zero-order valence-electron chi connectivity index (χ0n) is 14.4. The summed E-state index contributed by atoms with van der Waals surface area (Å²) in [5.74, 6) is 1.54. The van der Waals surface area contributed by atoms with Gasteiger partial charge in [0.2, 0.25) is 0 Å². The molecule has 21 heavy (non-hydrogen) atoms. The van der Waals surface area contributed by atoms with Gasteiger partial charge in [0.05, 0.1) is 13.2 Å². The van der Waals surface area contributed by atoms with E-state index in [1.54, 1.807) is 7.11 Å². The zero-order chi connectivity index (χ0) is 15.9. The number of hydrogen-bond acceptors (Lipinski definition) is 3. The van der Waals surface area contributed by atoms with Crippen LogP contribution in [-0.2, 0) is 4.74 Å². The van der Waals surface area contributed by atoms with E-state index in [0.29, 0.717) is 5.92 Å². The van der Waals surface area contributed by atoms with Gasteiger partial charge >= 0.3 is 0 Å². The first kappa shape index (κ1) is 18.0. The minimum absolute atomic E-state index is 0.0131. The van der Waals surface area contributed by atoms with Gasteiger partial charge in [0, 0.05) is 24.3 Å². The fraction of sp³-hybridized carbons (Fsp3) is 0.667. The van der Waals surface area contributed by atoms with E-state index in [-0.39, 0.29) is 11.6 Å². The maximum absolute atomic E-state index is 6.13. The van der Waals surface area contributed by atoms with Crippen LogP contribution < -0.4 is 10.1 Å². The lowest BCUT2D eigenvalue weighted by Gasteiger charge is -2.27. The highest BCUT2D eigenvalue weighted by atomic mass is 16.5. The average molecular weight is 293 g/mol. The topological polar surface area (TPSA) is 30.5 Å². The van der Waals surface area contributed by atoms with E-state index in [1.807, 2.05) is 18.2 Å². The molecule has 1 rings (SSSR count). The first-order valence-corrected chi connectivity index (χ1v) is 7.83. The summed E-state index contributed by atoms with van der Waals surface area (Å²) in [5.41, 5.74) is 1.18. The molecule has 3 nitrogen and oxygen atoms in total. The summed E-state index contributed by atoms with van der Waals surface area (Å²) in [6.45, 7) is 12.5. The Kier molecular flexibility index (Phi) is 7.20. The number of hydrogen-bond donors (Lipinski definition) is 1. The van der Waals surface area contributed by atoms with Crippen molar-refractivity contribution in [3.05, 3.63) is 29.8 Å². The fourth-order valence-electron chi connectivity index (χ4n) is 2.04. The van der Waals surface area contributed by atoms with E-state index in [1.165, 1.54) is 0 Å². The van der Waals surface area contributed by atoms with Crippen LogP contribution in [0.5, 0.6) is 5.75 Å². The van der Waals surface area contributed by atoms with Crippen LogP contribution >= 0.6 is 0 Å². The van der Waals surface area contributed by atoms with Gasteiger partial charge in [-0.2, -0.15) is 0 Å². The lowest BCUT2D eigenvalue weighted by atomic mass is 10.0. The summed E-state index contributed by atoms with van der Waals surface area (Å²) in [4.78, 5) is 0. The molecule has 1 unspecified atom stereocenters. The zero-order valence-corrected chi connectivity index (χ0v) is 14.4. The molecule has 120 valence electrons. The minimum Gasteiger partial charge on any atom is -0.496 e. The van der Waals surface area contributed by atoms with E-state index in [9.17, 15) is 0 Å². The van der Waals surface area contributed by atoms with Crippen LogP contribution in [0.15, 0.2) is 24.3 Å². The number of benzene rings is 1. The Morgan fingerprint density at radius 2 is 1.81 bits per heavy atom. The lowest BCUT2D eigenvalue weighted by Crippen LogP contribution is -2.39. The molecule has 0 bridgehead atoms. The lowest BCUT2D eigenvalue weighted by molar-refractivity contribution is 0.0403. The monoisotopic (exact) mass is 293 g/mol. The van der Waals surface area contributed by atoms with Crippen molar-refractivity contribution in [3.8, 4) is 5.75 Å². The third-order valence-electron chi connectivity index (χ3n) is 3.32. The Morgan fingerprint density at radius 3 is 2.38 bits per heavy atom. The van der Waals surface area contributed by atoms with Crippen LogP contribution in [0.4, 0.5) is 0 Å². The van der Waals surface area contributed by atoms with Gasteiger partial charge in [0.1, 0.15) is 5.75 Å². The van der Waals surface area contributed by atoms with E-state index in [2.05, 4.69) is 46.0 Å². The number of nitrogens with one attached hydrogen (secondary N) is 1. The predicted molar refractivity (Wildman–Crippen MR) is 88.9 cm³/mol. The highest BCUT2D eigenvalue weighted by Crippen LogP contribution is 2.27. The maximum Gasteiger partial charge on any atom is 0.124 e. The molecule has 3 heteroatoms. The Hall–Kier alpha value is -1.06. The normalized spacial score (nSPS) is 13.5. The smallest absolute Gasteiger partial charge is 0.124 e. The first-order chi connectivity index (χ1) is 9.83. The highest BCUT2D eigenvalue weighted by molar-refractivity contribution is 5.35. The second kappa shape index (κ2) is 8.40. The quantitative estimate of drug-likeness (QED) is 0.779. The van der Waals surface area contributed by atoms with Gasteiger partial charge in [0.25, 0.3) is 0 Å². The SMILES string of the molecule is COc1ccccc1C(CNC(C)(C)C)OCCC(C)C. The van der Waals surface area contributed by atoms with Crippen molar-refractivity contribution in [2.45, 2.75) is 52.7 Å².